The van der Waals surface area contributed by atoms with Crippen LogP contribution in [0.2, 0.25) is 0 Å². The molecule has 1 saturated heterocycles. The van der Waals surface area contributed by atoms with Gasteiger partial charge in [-0.15, -0.1) is 0 Å². The maximum Gasteiger partial charge on any atom is 0.534 e. The molecule has 0 aromatic heterocycles. The molecule has 91 heavy (non-hydrogen) atoms. The van der Waals surface area contributed by atoms with Crippen LogP contribution >= 0.6 is 0 Å². The highest BCUT2D eigenvalue weighted by Gasteiger charge is 2.38. The van der Waals surface area contributed by atoms with E-state index in [0.29, 0.717) is 16.2 Å². The fourth-order valence-electron chi connectivity index (χ4n) is 7.63. The number of esters is 1. The Morgan fingerprint density at radius 2 is 0.956 bits per heavy atom. The Hall–Kier alpha value is -7.49. The maximum absolute atomic E-state index is 13.7. The number of hydrogen-bond acceptors (Lipinski definition) is 40. The van der Waals surface area contributed by atoms with Crippen molar-refractivity contribution in [2.75, 3.05) is 40.6 Å². The molecule has 1 fully saturated rings. The second-order valence-corrected chi connectivity index (χ2v) is 18.2. The lowest BCUT2D eigenvalue weighted by Crippen LogP contribution is -2.40. The summed E-state index contributed by atoms with van der Waals surface area (Å²) in [4.78, 5) is 163. The molecular formula is C49H58N2O40. The SMILES string of the molecule is COOOOOOOOOOOOOCC(COOOOOOOOOOOOOC)(COC(=O)CCCC(=O)CC(Cc1ccccc1)C(=O)CCC(=O)Cc1ccc(COC(=O)ON2C(=O)CCC2=O)cc1)CC(=O)CCCC(=O)CCN1C(=O)C=CC1=O. The van der Waals surface area contributed by atoms with Crippen LogP contribution in [0, 0.1) is 11.3 Å². The van der Waals surface area contributed by atoms with Crippen molar-refractivity contribution in [3.63, 3.8) is 0 Å². The zero-order chi connectivity index (χ0) is 65.7. The molecule has 1 atom stereocenters. The summed E-state index contributed by atoms with van der Waals surface area (Å²) in [5, 5.41) is 85.6. The molecule has 2 heterocycles. The van der Waals surface area contributed by atoms with Crippen LogP contribution < -0.4 is 0 Å². The lowest BCUT2D eigenvalue weighted by Gasteiger charge is -2.30. The summed E-state index contributed by atoms with van der Waals surface area (Å²) in [6.45, 7) is -3.00. The lowest BCUT2D eigenvalue weighted by molar-refractivity contribution is -0.870. The van der Waals surface area contributed by atoms with Gasteiger partial charge in [-0.2, -0.15) is 0 Å². The van der Waals surface area contributed by atoms with Gasteiger partial charge in [-0.25, -0.2) is 24.3 Å². The minimum Gasteiger partial charge on any atom is -0.465 e. The topological polar surface area (TPSA) is 462 Å². The zero-order valence-electron chi connectivity index (χ0n) is 47.8. The predicted octanol–water partition coefficient (Wildman–Crippen LogP) is 3.05. The fraction of sp³-hybridized carbons (Fsp3) is 0.490. The van der Waals surface area contributed by atoms with E-state index in [1.54, 1.807) is 54.6 Å². The Balaban J connectivity index is 1.33. The first-order valence-corrected chi connectivity index (χ1v) is 26.2. The van der Waals surface area contributed by atoms with Crippen molar-refractivity contribution >= 4 is 64.7 Å². The molecule has 42 heteroatoms. The molecule has 0 N–H and O–H groups in total. The number of imide groups is 2. The number of amides is 4. The van der Waals surface area contributed by atoms with Gasteiger partial charge >= 0.3 is 12.1 Å². The van der Waals surface area contributed by atoms with Crippen LogP contribution in [0.5, 0.6) is 0 Å². The van der Waals surface area contributed by atoms with Crippen molar-refractivity contribution in [2.45, 2.75) is 103 Å². The molecule has 2 aromatic rings. The summed E-state index contributed by atoms with van der Waals surface area (Å²) < 4.78 is 10.5. The lowest BCUT2D eigenvalue weighted by atomic mass is 9.84. The van der Waals surface area contributed by atoms with Crippen LogP contribution in [0.4, 0.5) is 4.79 Å². The van der Waals surface area contributed by atoms with Gasteiger partial charge in [0.2, 0.25) is 0 Å². The molecule has 4 amide bonds. The van der Waals surface area contributed by atoms with Gasteiger partial charge in [0.1, 0.15) is 42.1 Å². The highest BCUT2D eigenvalue weighted by Crippen LogP contribution is 2.28. The van der Waals surface area contributed by atoms with Gasteiger partial charge in [0.15, 0.2) is 0 Å². The highest BCUT2D eigenvalue weighted by molar-refractivity contribution is 6.13. The molecule has 2 aliphatic heterocycles. The second-order valence-electron chi connectivity index (χ2n) is 18.2. The number of carbonyl (C=O) groups excluding carboxylic acids is 11. The minimum atomic E-state index is -1.91. The molecular weight excluding hydrogens is 1260 g/mol. The smallest absolute Gasteiger partial charge is 0.465 e. The van der Waals surface area contributed by atoms with E-state index >= 15 is 0 Å². The van der Waals surface area contributed by atoms with Gasteiger partial charge in [-0.1, -0.05) is 59.7 Å². The van der Waals surface area contributed by atoms with E-state index in [-0.39, 0.29) is 108 Å². The minimum absolute atomic E-state index is 0.0500. The first kappa shape index (κ1) is 76.0. The van der Waals surface area contributed by atoms with Gasteiger partial charge in [-0.05, 0) is 147 Å². The molecule has 0 spiro atoms. The van der Waals surface area contributed by atoms with Crippen LogP contribution in [0.1, 0.15) is 100 Å². The number of benzene rings is 2. The van der Waals surface area contributed by atoms with Gasteiger partial charge in [0, 0.05) is 102 Å². The van der Waals surface area contributed by atoms with Crippen LogP contribution in [0.15, 0.2) is 66.7 Å². The molecule has 4 rings (SSSR count). The highest BCUT2D eigenvalue weighted by atomic mass is 18.0. The standard InChI is InChI=1S/C49H58N2O40/c1-63-70-74-78-82-86-90-88-84-80-76-72-67-32-49(33-68-73-77-81-85-89-91-87-83-79-75-71-64-2,29-41(55)12-6-10-38(52)24-25-50-43(57)20-21-44(50)58)31-66-47(61)13-7-11-39(53)28-37(26-34-8-4-3-5-9-34)42(56)19-18-40(54)27-35-14-16-36(17-15-35)30-65-48(62)69-51-45(59)22-23-46(51)60/h3-5,8-9,14-17,20-21,37H,6-7,10-13,18-19,22-33H2,1-2H3. The van der Waals surface area contributed by atoms with Crippen molar-refractivity contribution < 1.29 is 197 Å². The molecule has 0 aliphatic carbocycles. The second kappa shape index (κ2) is 45.7. The summed E-state index contributed by atoms with van der Waals surface area (Å²) in [5.41, 5.74) is -0.0796. The van der Waals surface area contributed by atoms with Crippen molar-refractivity contribution in [1.82, 2.24) is 9.96 Å². The number of Topliss-reactive ketones (excluding diaryl/α,β-unsaturated/α-hetero) is 5. The summed E-state index contributed by atoms with van der Waals surface area (Å²) in [6.07, 6.45) is -1.97. The normalized spacial score (nSPS) is 13.5. The molecule has 0 radical (unpaired) electrons. The summed E-state index contributed by atoms with van der Waals surface area (Å²) in [7, 11) is 2.09. The Morgan fingerprint density at radius 3 is 1.49 bits per heavy atom. The Morgan fingerprint density at radius 1 is 0.473 bits per heavy atom. The third-order valence-electron chi connectivity index (χ3n) is 11.7. The fourth-order valence-corrected chi connectivity index (χ4v) is 7.63. The average molecular weight is 1310 g/mol. The van der Waals surface area contributed by atoms with Crippen molar-refractivity contribution in [1.29, 1.82) is 0 Å². The molecule has 42 nitrogen and oxygen atoms in total. The number of ketones is 5. The van der Waals surface area contributed by atoms with Crippen LogP contribution in [-0.2, 0) is 212 Å². The van der Waals surface area contributed by atoms with Gasteiger partial charge in [0.25, 0.3) is 23.6 Å². The first-order chi connectivity index (χ1) is 44.1. The Bertz CT molecular complexity index is 2540. The third kappa shape index (κ3) is 33.4. The number of hydrogen-bond donors (Lipinski definition) is 0. The average Bonchev–Trinajstić information content (AvgIpc) is 2.99. The van der Waals surface area contributed by atoms with Crippen LogP contribution in [-0.4, -0.2) is 115 Å². The van der Waals surface area contributed by atoms with E-state index in [2.05, 4.69) is 125 Å². The Kier molecular flexibility index (Phi) is 38.2. The number of carbonyl (C=O) groups is 11. The molecule has 2 aromatic carbocycles. The quantitative estimate of drug-likeness (QED) is 0.0302. The zero-order valence-corrected chi connectivity index (χ0v) is 47.8. The van der Waals surface area contributed by atoms with E-state index in [0.717, 1.165) is 36.8 Å². The predicted molar refractivity (Wildman–Crippen MR) is 261 cm³/mol. The van der Waals surface area contributed by atoms with E-state index < -0.39 is 97.1 Å². The van der Waals surface area contributed by atoms with E-state index in [1.807, 2.05) is 0 Å². The third-order valence-corrected chi connectivity index (χ3v) is 11.7. The van der Waals surface area contributed by atoms with Crippen molar-refractivity contribution in [3.05, 3.63) is 83.4 Å². The maximum atomic E-state index is 13.7. The summed E-state index contributed by atoms with van der Waals surface area (Å²) in [5.74, 6) is -6.42. The molecule has 0 bridgehead atoms. The van der Waals surface area contributed by atoms with E-state index in [1.165, 1.54) is 0 Å². The number of nitrogens with zero attached hydrogens (tertiary/aromatic N) is 2. The molecule has 1 unspecified atom stereocenters. The molecule has 504 valence electrons. The molecule has 2 aliphatic rings. The Labute approximate surface area is 509 Å². The number of rotatable bonds is 56. The molecule has 0 saturated carbocycles. The van der Waals surface area contributed by atoms with Crippen molar-refractivity contribution in [2.24, 2.45) is 11.3 Å². The van der Waals surface area contributed by atoms with Crippen molar-refractivity contribution in [3.8, 4) is 0 Å². The summed E-state index contributed by atoms with van der Waals surface area (Å²) >= 11 is 0. The van der Waals surface area contributed by atoms with Crippen LogP contribution in [0.3, 0.4) is 0 Å². The number of hydroxylamine groups is 2. The summed E-state index contributed by atoms with van der Waals surface area (Å²) in [6, 6.07) is 15.2. The van der Waals surface area contributed by atoms with E-state index in [4.69, 9.17) is 19.2 Å². The number of ether oxygens (including phenoxy) is 2. The van der Waals surface area contributed by atoms with E-state index in [9.17, 15) is 52.7 Å². The van der Waals surface area contributed by atoms with Crippen LogP contribution in [0.25, 0.3) is 0 Å². The largest absolute Gasteiger partial charge is 0.534 e. The monoisotopic (exact) mass is 1310 g/mol. The van der Waals surface area contributed by atoms with Gasteiger partial charge in [0.05, 0.1) is 32.8 Å². The van der Waals surface area contributed by atoms with Gasteiger partial charge in [-0.3, -0.25) is 57.7 Å². The van der Waals surface area contributed by atoms with Gasteiger partial charge < -0.3 is 9.47 Å². The first-order valence-electron chi connectivity index (χ1n) is 26.2.